The summed E-state index contributed by atoms with van der Waals surface area (Å²) in [6.07, 6.45) is 4.06. The predicted molar refractivity (Wildman–Crippen MR) is 143 cm³/mol. The van der Waals surface area contributed by atoms with Crippen LogP contribution in [0.1, 0.15) is 64.4 Å². The van der Waals surface area contributed by atoms with Gasteiger partial charge < -0.3 is 10.1 Å². The molecule has 1 aliphatic heterocycles. The molecule has 1 heterocycles. The van der Waals surface area contributed by atoms with Crippen LogP contribution in [0.5, 0.6) is 0 Å². The van der Waals surface area contributed by atoms with Gasteiger partial charge in [-0.3, -0.25) is 25.0 Å². The van der Waals surface area contributed by atoms with Gasteiger partial charge >= 0.3 is 6.18 Å². The number of allylic oxidation sites excluding steroid dienone is 1. The van der Waals surface area contributed by atoms with Crippen LogP contribution in [0.15, 0.2) is 35.9 Å². The van der Waals surface area contributed by atoms with E-state index in [1.165, 1.54) is 12.1 Å². The second kappa shape index (κ2) is 11.3. The molecule has 0 bridgehead atoms. The van der Waals surface area contributed by atoms with E-state index in [2.05, 4.69) is 16.0 Å². The molecule has 3 unspecified atom stereocenters. The van der Waals surface area contributed by atoms with Crippen molar-refractivity contribution in [1.29, 1.82) is 0 Å². The fourth-order valence-electron chi connectivity index (χ4n) is 7.40. The minimum Gasteiger partial charge on any atom is -0.353 e. The average Bonchev–Trinajstić information content (AvgIpc) is 3.82. The Kier molecular flexibility index (Phi) is 8.12. The van der Waals surface area contributed by atoms with Crippen molar-refractivity contribution < 1.29 is 32.3 Å². The second-order valence-corrected chi connectivity index (χ2v) is 11.8. The number of halogens is 3. The van der Waals surface area contributed by atoms with Gasteiger partial charge in [0.1, 0.15) is 5.72 Å². The normalized spacial score (nSPS) is 33.2. The third-order valence-electron chi connectivity index (χ3n) is 9.52. The number of hydrogen-bond donors (Lipinski definition) is 3. The molecule has 4 aliphatic rings. The lowest BCUT2D eigenvalue weighted by molar-refractivity contribution is -0.137. The van der Waals surface area contributed by atoms with Crippen molar-refractivity contribution in [3.05, 3.63) is 41.5 Å². The first kappa shape index (κ1) is 28.8. The minimum absolute atomic E-state index is 0.0235. The molecule has 4 fully saturated rings. The Labute approximate surface area is 232 Å². The summed E-state index contributed by atoms with van der Waals surface area (Å²) in [7, 11) is 0. The summed E-state index contributed by atoms with van der Waals surface area (Å²) >= 11 is 0. The molecule has 3 saturated carbocycles. The maximum Gasteiger partial charge on any atom is 0.416 e. The van der Waals surface area contributed by atoms with E-state index in [0.717, 1.165) is 56.2 Å². The van der Waals surface area contributed by atoms with E-state index in [4.69, 9.17) is 4.74 Å². The number of amides is 3. The van der Waals surface area contributed by atoms with E-state index in [-0.39, 0.29) is 36.4 Å². The summed E-state index contributed by atoms with van der Waals surface area (Å²) in [5.74, 6) is 2.11. The van der Waals surface area contributed by atoms with Gasteiger partial charge in [0.15, 0.2) is 0 Å². The molecular formula is C30H38F3N3O4. The van der Waals surface area contributed by atoms with Gasteiger partial charge in [-0.2, -0.15) is 13.2 Å². The maximum absolute atomic E-state index is 12.9. The van der Waals surface area contributed by atoms with E-state index < -0.39 is 23.4 Å². The van der Waals surface area contributed by atoms with Crippen LogP contribution in [0.2, 0.25) is 0 Å². The van der Waals surface area contributed by atoms with Crippen molar-refractivity contribution in [3.8, 4) is 0 Å². The van der Waals surface area contributed by atoms with Crippen LogP contribution < -0.4 is 16.0 Å². The fraction of sp³-hybridized carbons (Fsp3) is 0.633. The molecule has 1 saturated heterocycles. The molecule has 7 nitrogen and oxygen atoms in total. The number of ether oxygens (including phenoxy) is 1. The minimum atomic E-state index is -4.46. The van der Waals surface area contributed by atoms with Crippen molar-refractivity contribution in [3.63, 3.8) is 0 Å². The lowest BCUT2D eigenvalue weighted by atomic mass is 9.71. The number of hydrogen-bond acceptors (Lipinski definition) is 5. The molecule has 0 radical (unpaired) electrons. The van der Waals surface area contributed by atoms with Crippen LogP contribution in [0.25, 0.3) is 0 Å². The molecule has 1 aromatic rings. The summed E-state index contributed by atoms with van der Waals surface area (Å²) in [6.45, 7) is 4.12. The van der Waals surface area contributed by atoms with Crippen LogP contribution in [-0.2, 0) is 25.3 Å². The number of epoxide rings is 1. The van der Waals surface area contributed by atoms with Gasteiger partial charge in [-0.05, 0) is 93.2 Å². The van der Waals surface area contributed by atoms with Crippen molar-refractivity contribution in [2.75, 3.05) is 18.5 Å². The number of alkyl halides is 3. The van der Waals surface area contributed by atoms with Gasteiger partial charge in [-0.15, -0.1) is 0 Å². The standard InChI is InChI=1S/C30H38F3N3O4/c1-3-22(28(39)36-25(37)4-2)18-10-8-17(9-11-18)19-12-23-24(13-19)27(23)29(16-40-29)34-15-26(38)35-21-7-5-6-20(14-21)30(31,32)33/h3,5-7,14,17-19,23-24,27,34H,4,8-13,15-16H2,1-2H3,(H,35,38)(H,36,37,39)/b22-3-. The zero-order valence-corrected chi connectivity index (χ0v) is 23.0. The van der Waals surface area contributed by atoms with Crippen LogP contribution in [0.4, 0.5) is 18.9 Å². The van der Waals surface area contributed by atoms with Gasteiger partial charge in [-0.25, -0.2) is 0 Å². The van der Waals surface area contributed by atoms with Gasteiger partial charge in [0.2, 0.25) is 11.8 Å². The molecule has 40 heavy (non-hydrogen) atoms. The fourth-order valence-corrected chi connectivity index (χ4v) is 7.40. The number of rotatable bonds is 9. The number of anilines is 1. The smallest absolute Gasteiger partial charge is 0.353 e. The molecule has 3 atom stereocenters. The summed E-state index contributed by atoms with van der Waals surface area (Å²) in [5.41, 5.74) is -0.450. The first-order chi connectivity index (χ1) is 19.0. The molecule has 5 rings (SSSR count). The molecular weight excluding hydrogens is 523 g/mol. The lowest BCUT2D eigenvalue weighted by Crippen LogP contribution is -2.42. The molecule has 218 valence electrons. The Balaban J connectivity index is 1.06. The number of carbonyl (C=O) groups is 3. The van der Waals surface area contributed by atoms with Crippen LogP contribution in [0.3, 0.4) is 0 Å². The summed E-state index contributed by atoms with van der Waals surface area (Å²) in [5, 5.41) is 8.28. The third-order valence-corrected chi connectivity index (χ3v) is 9.52. The van der Waals surface area contributed by atoms with Crippen molar-refractivity contribution in [2.24, 2.45) is 35.5 Å². The topological polar surface area (TPSA) is 99.8 Å². The molecule has 3 N–H and O–H groups in total. The first-order valence-corrected chi connectivity index (χ1v) is 14.4. The highest BCUT2D eigenvalue weighted by Crippen LogP contribution is 2.68. The van der Waals surface area contributed by atoms with Crippen LogP contribution in [0, 0.1) is 35.5 Å². The summed E-state index contributed by atoms with van der Waals surface area (Å²) < 4.78 is 44.6. The highest BCUT2D eigenvalue weighted by Gasteiger charge is 2.70. The molecule has 3 aliphatic carbocycles. The Morgan fingerprint density at radius 1 is 1.05 bits per heavy atom. The van der Waals surface area contributed by atoms with Crippen LogP contribution in [-0.4, -0.2) is 36.6 Å². The number of fused-ring (bicyclic) bond motifs is 1. The zero-order chi connectivity index (χ0) is 28.7. The molecule has 1 aromatic carbocycles. The van der Waals surface area contributed by atoms with E-state index in [1.54, 1.807) is 6.92 Å². The largest absolute Gasteiger partial charge is 0.416 e. The highest BCUT2D eigenvalue weighted by molar-refractivity contribution is 6.04. The lowest BCUT2D eigenvalue weighted by Gasteiger charge is -2.34. The molecule has 3 amide bonds. The average molecular weight is 562 g/mol. The summed E-state index contributed by atoms with van der Waals surface area (Å²) in [6, 6.07) is 4.62. The molecule has 10 heteroatoms. The van der Waals surface area contributed by atoms with Gasteiger partial charge in [0.05, 0.1) is 18.7 Å². The highest BCUT2D eigenvalue weighted by atomic mass is 19.4. The molecule has 0 aromatic heterocycles. The second-order valence-electron chi connectivity index (χ2n) is 11.8. The quantitative estimate of drug-likeness (QED) is 0.290. The van der Waals surface area contributed by atoms with Crippen molar-refractivity contribution in [1.82, 2.24) is 10.6 Å². The number of benzene rings is 1. The number of carbonyl (C=O) groups excluding carboxylic acids is 3. The van der Waals surface area contributed by atoms with Crippen LogP contribution >= 0.6 is 0 Å². The monoisotopic (exact) mass is 561 g/mol. The van der Waals surface area contributed by atoms with Crippen molar-refractivity contribution >= 4 is 23.4 Å². The van der Waals surface area contributed by atoms with E-state index in [9.17, 15) is 27.6 Å². The summed E-state index contributed by atoms with van der Waals surface area (Å²) in [4.78, 5) is 36.6. The third kappa shape index (κ3) is 6.12. The zero-order valence-electron chi connectivity index (χ0n) is 23.0. The first-order valence-electron chi connectivity index (χ1n) is 14.4. The number of nitrogens with one attached hydrogen (secondary N) is 3. The van der Waals surface area contributed by atoms with Gasteiger partial charge in [-0.1, -0.05) is 19.1 Å². The van der Waals surface area contributed by atoms with E-state index >= 15 is 0 Å². The van der Waals surface area contributed by atoms with E-state index in [1.807, 2.05) is 13.0 Å². The van der Waals surface area contributed by atoms with Gasteiger partial charge in [0, 0.05) is 23.6 Å². The Hall–Kier alpha value is -2.72. The van der Waals surface area contributed by atoms with Crippen molar-refractivity contribution in [2.45, 2.75) is 70.7 Å². The maximum atomic E-state index is 12.9. The Morgan fingerprint density at radius 3 is 2.30 bits per heavy atom. The Bertz CT molecular complexity index is 1160. The predicted octanol–water partition coefficient (Wildman–Crippen LogP) is 5.04. The number of imide groups is 1. The van der Waals surface area contributed by atoms with Gasteiger partial charge in [0.25, 0.3) is 5.91 Å². The molecule has 0 spiro atoms. The Morgan fingerprint density at radius 2 is 1.73 bits per heavy atom. The SMILES string of the molecule is C/C=C(\C(=O)NC(=O)CC)C1CCC(C2CC3C(C2)C3C2(NCC(=O)Nc3cccc(C(F)(F)F)c3)CO2)CC1. The van der Waals surface area contributed by atoms with E-state index in [0.29, 0.717) is 36.2 Å².